The van der Waals surface area contributed by atoms with Crippen LogP contribution in [0.4, 0.5) is 0 Å². The summed E-state index contributed by atoms with van der Waals surface area (Å²) >= 11 is 0. The van der Waals surface area contributed by atoms with Crippen molar-refractivity contribution in [3.05, 3.63) is 60.2 Å². The summed E-state index contributed by atoms with van der Waals surface area (Å²) in [7, 11) is 0. The molecule has 1 unspecified atom stereocenters. The standard InChI is InChI=1S/C32H36N4O2/c1-22-6-5-7-23(2)35(22)15-17-37-28-13-12-25-10-11-26(19-27(25)20-28)32-29-18-24(21-33)9-14-30(29)36(34-32)31-8-3-4-16-38-31/h9-14,18-20,22-23,31H,3-8,15-17H2,1-2H3/t22-,23+,31?. The van der Waals surface area contributed by atoms with E-state index in [1.807, 2.05) is 22.9 Å². The van der Waals surface area contributed by atoms with E-state index in [0.29, 0.717) is 24.3 Å². The minimum absolute atomic E-state index is 0.0706. The SMILES string of the molecule is C[C@@H]1CCC[C@H](C)N1CCOc1ccc2ccc(-c3nn(C4CCCCO4)c4ccc(C#N)cc34)cc2c1. The molecule has 2 aliphatic heterocycles. The number of hydrogen-bond donors (Lipinski definition) is 0. The highest BCUT2D eigenvalue weighted by atomic mass is 16.5. The average molecular weight is 509 g/mol. The van der Waals surface area contributed by atoms with Crippen molar-refractivity contribution in [2.24, 2.45) is 0 Å². The van der Waals surface area contributed by atoms with E-state index in [1.165, 1.54) is 19.3 Å². The lowest BCUT2D eigenvalue weighted by Crippen LogP contribution is -2.45. The Hall–Kier alpha value is -3.40. The highest BCUT2D eigenvalue weighted by molar-refractivity contribution is 5.97. The van der Waals surface area contributed by atoms with Gasteiger partial charge in [-0.25, -0.2) is 4.68 Å². The molecule has 0 N–H and O–H groups in total. The summed E-state index contributed by atoms with van der Waals surface area (Å²) in [4.78, 5) is 2.58. The van der Waals surface area contributed by atoms with Gasteiger partial charge in [0.2, 0.25) is 0 Å². The van der Waals surface area contributed by atoms with Crippen LogP contribution in [0.25, 0.3) is 32.9 Å². The highest BCUT2D eigenvalue weighted by Crippen LogP contribution is 2.35. The van der Waals surface area contributed by atoms with Crippen LogP contribution in [0.2, 0.25) is 0 Å². The lowest BCUT2D eigenvalue weighted by Gasteiger charge is -2.38. The zero-order valence-electron chi connectivity index (χ0n) is 22.4. The first-order valence-electron chi connectivity index (χ1n) is 14.1. The largest absolute Gasteiger partial charge is 0.492 e. The van der Waals surface area contributed by atoms with Gasteiger partial charge in [-0.2, -0.15) is 10.4 Å². The van der Waals surface area contributed by atoms with E-state index >= 15 is 0 Å². The van der Waals surface area contributed by atoms with Crippen molar-refractivity contribution in [3.63, 3.8) is 0 Å². The van der Waals surface area contributed by atoms with E-state index in [9.17, 15) is 5.26 Å². The van der Waals surface area contributed by atoms with Gasteiger partial charge in [-0.15, -0.1) is 0 Å². The van der Waals surface area contributed by atoms with Gasteiger partial charge in [0.05, 0.1) is 17.1 Å². The molecule has 0 aliphatic carbocycles. The van der Waals surface area contributed by atoms with Crippen LogP contribution in [-0.2, 0) is 4.74 Å². The van der Waals surface area contributed by atoms with Gasteiger partial charge in [-0.05, 0) is 93.1 Å². The van der Waals surface area contributed by atoms with Gasteiger partial charge in [-0.1, -0.05) is 24.6 Å². The molecule has 1 aromatic heterocycles. The van der Waals surface area contributed by atoms with Crippen molar-refractivity contribution in [1.29, 1.82) is 5.26 Å². The molecule has 2 fully saturated rings. The predicted octanol–water partition coefficient (Wildman–Crippen LogP) is 7.07. The molecule has 3 atom stereocenters. The van der Waals surface area contributed by atoms with Crippen LogP contribution in [-0.4, -0.2) is 46.5 Å². The van der Waals surface area contributed by atoms with Crippen molar-refractivity contribution in [3.8, 4) is 23.1 Å². The highest BCUT2D eigenvalue weighted by Gasteiger charge is 2.24. The summed E-state index contributed by atoms with van der Waals surface area (Å²) in [5.74, 6) is 0.893. The first kappa shape index (κ1) is 24.9. The van der Waals surface area contributed by atoms with Gasteiger partial charge in [0.25, 0.3) is 0 Å². The number of rotatable bonds is 6. The van der Waals surface area contributed by atoms with Gasteiger partial charge >= 0.3 is 0 Å². The molecule has 3 aromatic carbocycles. The summed E-state index contributed by atoms with van der Waals surface area (Å²) in [6.07, 6.45) is 6.97. The van der Waals surface area contributed by atoms with E-state index in [0.717, 1.165) is 71.1 Å². The topological polar surface area (TPSA) is 63.3 Å². The average Bonchev–Trinajstić information content (AvgIpc) is 3.33. The van der Waals surface area contributed by atoms with Gasteiger partial charge in [0.15, 0.2) is 6.23 Å². The lowest BCUT2D eigenvalue weighted by atomic mass is 9.98. The third-order valence-corrected chi connectivity index (χ3v) is 8.34. The van der Waals surface area contributed by atoms with Crippen molar-refractivity contribution in [2.45, 2.75) is 70.7 Å². The Balaban J connectivity index is 1.29. The normalized spacial score (nSPS) is 22.5. The number of aromatic nitrogens is 2. The Morgan fingerprint density at radius 1 is 0.947 bits per heavy atom. The van der Waals surface area contributed by atoms with Crippen LogP contribution in [0.15, 0.2) is 54.6 Å². The molecule has 6 heteroatoms. The summed E-state index contributed by atoms with van der Waals surface area (Å²) in [5, 5.41) is 17.9. The van der Waals surface area contributed by atoms with Crippen molar-refractivity contribution in [1.82, 2.24) is 14.7 Å². The maximum Gasteiger partial charge on any atom is 0.150 e. The molecule has 0 amide bonds. The van der Waals surface area contributed by atoms with Gasteiger partial charge in [-0.3, -0.25) is 4.90 Å². The first-order chi connectivity index (χ1) is 18.6. The zero-order valence-corrected chi connectivity index (χ0v) is 22.4. The summed E-state index contributed by atoms with van der Waals surface area (Å²) in [6, 6.07) is 22.1. The van der Waals surface area contributed by atoms with Crippen LogP contribution in [0.3, 0.4) is 0 Å². The first-order valence-corrected chi connectivity index (χ1v) is 14.1. The Morgan fingerprint density at radius 3 is 2.58 bits per heavy atom. The number of benzene rings is 3. The summed E-state index contributed by atoms with van der Waals surface area (Å²) in [6.45, 7) is 7.06. The second-order valence-corrected chi connectivity index (χ2v) is 10.9. The molecule has 6 nitrogen and oxygen atoms in total. The summed E-state index contributed by atoms with van der Waals surface area (Å²) < 4.78 is 14.3. The van der Waals surface area contributed by atoms with E-state index in [-0.39, 0.29) is 6.23 Å². The van der Waals surface area contributed by atoms with Crippen LogP contribution >= 0.6 is 0 Å². The molecular weight excluding hydrogens is 472 g/mol. The number of piperidine rings is 1. The fraction of sp³-hybridized carbons (Fsp3) is 0.438. The Labute approximate surface area is 224 Å². The van der Waals surface area contributed by atoms with E-state index in [1.54, 1.807) is 0 Å². The molecular formula is C32H36N4O2. The van der Waals surface area contributed by atoms with Crippen LogP contribution < -0.4 is 4.74 Å². The molecule has 6 rings (SSSR count). The smallest absolute Gasteiger partial charge is 0.150 e. The van der Waals surface area contributed by atoms with Crippen LogP contribution in [0.1, 0.15) is 64.2 Å². The molecule has 2 saturated heterocycles. The van der Waals surface area contributed by atoms with Gasteiger partial charge in [0.1, 0.15) is 18.1 Å². The third-order valence-electron chi connectivity index (χ3n) is 8.34. The van der Waals surface area contributed by atoms with E-state index in [2.05, 4.69) is 61.2 Å². The van der Waals surface area contributed by atoms with Gasteiger partial charge < -0.3 is 9.47 Å². The molecule has 0 bridgehead atoms. The quantitative estimate of drug-likeness (QED) is 0.279. The fourth-order valence-corrected chi connectivity index (χ4v) is 6.21. The number of nitriles is 1. The molecule has 3 heterocycles. The maximum absolute atomic E-state index is 9.55. The molecule has 0 saturated carbocycles. The molecule has 4 aromatic rings. The zero-order chi connectivity index (χ0) is 26.1. The molecule has 2 aliphatic rings. The lowest BCUT2D eigenvalue weighted by molar-refractivity contribution is -0.0365. The molecule has 0 spiro atoms. The molecule has 196 valence electrons. The Kier molecular flexibility index (Phi) is 7.06. The molecule has 38 heavy (non-hydrogen) atoms. The van der Waals surface area contributed by atoms with Gasteiger partial charge in [0, 0.05) is 36.2 Å². The monoisotopic (exact) mass is 508 g/mol. The third kappa shape index (κ3) is 4.89. The minimum atomic E-state index is -0.0706. The Bertz CT molecular complexity index is 1470. The maximum atomic E-state index is 9.55. The Morgan fingerprint density at radius 2 is 1.79 bits per heavy atom. The number of fused-ring (bicyclic) bond motifs is 2. The van der Waals surface area contributed by atoms with E-state index < -0.39 is 0 Å². The van der Waals surface area contributed by atoms with E-state index in [4.69, 9.17) is 14.6 Å². The van der Waals surface area contributed by atoms with Crippen LogP contribution in [0.5, 0.6) is 5.75 Å². The second kappa shape index (κ2) is 10.8. The summed E-state index contributed by atoms with van der Waals surface area (Å²) in [5.41, 5.74) is 3.55. The fourth-order valence-electron chi connectivity index (χ4n) is 6.21. The number of ether oxygens (including phenoxy) is 2. The second-order valence-electron chi connectivity index (χ2n) is 10.9. The number of likely N-dealkylation sites (tertiary alicyclic amines) is 1. The van der Waals surface area contributed by atoms with Crippen LogP contribution in [0, 0.1) is 11.3 Å². The number of nitrogens with zero attached hydrogens (tertiary/aromatic N) is 4. The minimum Gasteiger partial charge on any atom is -0.492 e. The molecule has 0 radical (unpaired) electrons. The van der Waals surface area contributed by atoms with Crippen molar-refractivity contribution >= 4 is 21.7 Å². The van der Waals surface area contributed by atoms with Crippen molar-refractivity contribution < 1.29 is 9.47 Å². The number of hydrogen-bond acceptors (Lipinski definition) is 5. The van der Waals surface area contributed by atoms with Crippen molar-refractivity contribution in [2.75, 3.05) is 19.8 Å². The predicted molar refractivity (Wildman–Crippen MR) is 151 cm³/mol.